The van der Waals surface area contributed by atoms with Crippen LogP contribution in [-0.4, -0.2) is 30.2 Å². The Morgan fingerprint density at radius 1 is 1.47 bits per heavy atom. The SMILES string of the molecule is C[C@H]1C(=O)C(C#N)C[C@@]2(C)C(=O)N(C)CC[C@H]12. The molecule has 0 bridgehead atoms. The van der Waals surface area contributed by atoms with Crippen LogP contribution in [0.25, 0.3) is 0 Å². The summed E-state index contributed by atoms with van der Waals surface area (Å²) in [5, 5.41) is 9.04. The van der Waals surface area contributed by atoms with Crippen LogP contribution in [0.3, 0.4) is 0 Å². The summed E-state index contributed by atoms with van der Waals surface area (Å²) in [5.41, 5.74) is -0.527. The monoisotopic (exact) mass is 234 g/mol. The number of piperidine rings is 1. The van der Waals surface area contributed by atoms with E-state index in [4.69, 9.17) is 5.26 Å². The minimum absolute atomic E-state index is 0.0207. The number of rotatable bonds is 0. The molecule has 4 atom stereocenters. The number of ketones is 1. The maximum atomic E-state index is 12.3. The lowest BCUT2D eigenvalue weighted by molar-refractivity contribution is -0.159. The predicted octanol–water partition coefficient (Wildman–Crippen LogP) is 1.22. The summed E-state index contributed by atoms with van der Waals surface area (Å²) in [6, 6.07) is 2.06. The second-order valence-electron chi connectivity index (χ2n) is 5.62. The minimum atomic E-state index is -0.610. The van der Waals surface area contributed by atoms with Gasteiger partial charge in [0.25, 0.3) is 0 Å². The molecule has 0 spiro atoms. The number of carbonyl (C=O) groups is 2. The number of nitrogens with zero attached hydrogens (tertiary/aromatic N) is 2. The first-order valence-corrected chi connectivity index (χ1v) is 6.10. The molecule has 0 N–H and O–H groups in total. The van der Waals surface area contributed by atoms with Crippen LogP contribution < -0.4 is 0 Å². The summed E-state index contributed by atoms with van der Waals surface area (Å²) in [7, 11) is 1.80. The molecule has 2 rings (SSSR count). The molecule has 1 aliphatic heterocycles. The highest BCUT2D eigenvalue weighted by Crippen LogP contribution is 2.49. The molecule has 4 heteroatoms. The van der Waals surface area contributed by atoms with Crippen molar-refractivity contribution >= 4 is 11.7 Å². The summed E-state index contributed by atoms with van der Waals surface area (Å²) >= 11 is 0. The van der Waals surface area contributed by atoms with Crippen LogP contribution in [0.4, 0.5) is 0 Å². The van der Waals surface area contributed by atoms with Gasteiger partial charge in [0.1, 0.15) is 5.92 Å². The van der Waals surface area contributed by atoms with E-state index in [0.29, 0.717) is 13.0 Å². The summed E-state index contributed by atoms with van der Waals surface area (Å²) in [6.45, 7) is 4.50. The Kier molecular flexibility index (Phi) is 2.73. The van der Waals surface area contributed by atoms with E-state index in [1.165, 1.54) is 0 Å². The number of nitriles is 1. The van der Waals surface area contributed by atoms with Gasteiger partial charge in [-0.15, -0.1) is 0 Å². The van der Waals surface area contributed by atoms with E-state index in [9.17, 15) is 9.59 Å². The van der Waals surface area contributed by atoms with E-state index in [1.807, 2.05) is 13.8 Å². The summed E-state index contributed by atoms with van der Waals surface area (Å²) in [6.07, 6.45) is 1.25. The van der Waals surface area contributed by atoms with Gasteiger partial charge >= 0.3 is 0 Å². The maximum Gasteiger partial charge on any atom is 0.228 e. The lowest BCUT2D eigenvalue weighted by atomic mass is 9.56. The molecule has 0 aromatic carbocycles. The van der Waals surface area contributed by atoms with E-state index in [2.05, 4.69) is 6.07 Å². The number of likely N-dealkylation sites (tertiary alicyclic amines) is 1. The van der Waals surface area contributed by atoms with Crippen LogP contribution in [0.1, 0.15) is 26.7 Å². The number of carbonyl (C=O) groups excluding carboxylic acids is 2. The Hall–Kier alpha value is -1.37. The number of Topliss-reactive ketones (excluding diaryl/α,β-unsaturated/α-hetero) is 1. The van der Waals surface area contributed by atoms with Crippen molar-refractivity contribution in [3.05, 3.63) is 0 Å². The predicted molar refractivity (Wildman–Crippen MR) is 61.7 cm³/mol. The Labute approximate surface area is 102 Å². The largest absolute Gasteiger partial charge is 0.345 e. The first kappa shape index (κ1) is 12.1. The fourth-order valence-electron chi connectivity index (χ4n) is 3.54. The van der Waals surface area contributed by atoms with E-state index in [0.717, 1.165) is 6.42 Å². The molecule has 1 saturated heterocycles. The molecule has 1 saturated carbocycles. The minimum Gasteiger partial charge on any atom is -0.345 e. The molecule has 1 unspecified atom stereocenters. The van der Waals surface area contributed by atoms with Crippen molar-refractivity contribution in [3.63, 3.8) is 0 Å². The van der Waals surface area contributed by atoms with Crippen LogP contribution in [0.5, 0.6) is 0 Å². The van der Waals surface area contributed by atoms with Crippen molar-refractivity contribution in [3.8, 4) is 6.07 Å². The molecule has 1 heterocycles. The third-order valence-electron chi connectivity index (χ3n) is 4.61. The molecule has 1 aliphatic carbocycles. The standard InChI is InChI=1S/C13H18N2O2/c1-8-10-4-5-15(3)12(17)13(10,2)6-9(7-14)11(8)16/h8-10H,4-6H2,1-3H3/t8-,9?,10-,13-/m1/s1. The molecule has 0 aromatic heterocycles. The fraction of sp³-hybridized carbons (Fsp3) is 0.769. The summed E-state index contributed by atoms with van der Waals surface area (Å²) in [5.74, 6) is -0.568. The van der Waals surface area contributed by atoms with Gasteiger partial charge in [-0.2, -0.15) is 5.26 Å². The molecule has 2 aliphatic rings. The van der Waals surface area contributed by atoms with E-state index >= 15 is 0 Å². The Bertz CT molecular complexity index is 412. The maximum absolute atomic E-state index is 12.3. The van der Waals surface area contributed by atoms with Gasteiger partial charge in [-0.1, -0.05) is 13.8 Å². The zero-order valence-corrected chi connectivity index (χ0v) is 10.6. The first-order chi connectivity index (χ1) is 7.91. The highest BCUT2D eigenvalue weighted by atomic mass is 16.2. The van der Waals surface area contributed by atoms with Crippen LogP contribution in [-0.2, 0) is 9.59 Å². The zero-order valence-electron chi connectivity index (χ0n) is 10.6. The van der Waals surface area contributed by atoms with Crippen LogP contribution >= 0.6 is 0 Å². The molecule has 17 heavy (non-hydrogen) atoms. The number of hydrogen-bond donors (Lipinski definition) is 0. The zero-order chi connectivity index (χ0) is 12.8. The Balaban J connectivity index is 2.39. The second-order valence-corrected chi connectivity index (χ2v) is 5.62. The van der Waals surface area contributed by atoms with E-state index in [1.54, 1.807) is 11.9 Å². The molecule has 4 nitrogen and oxygen atoms in total. The van der Waals surface area contributed by atoms with Gasteiger partial charge in [0.15, 0.2) is 5.78 Å². The molecular formula is C13H18N2O2. The van der Waals surface area contributed by atoms with Gasteiger partial charge in [-0.3, -0.25) is 9.59 Å². The number of amides is 1. The third kappa shape index (κ3) is 1.56. The lowest BCUT2D eigenvalue weighted by Gasteiger charge is -2.50. The first-order valence-electron chi connectivity index (χ1n) is 6.10. The highest BCUT2D eigenvalue weighted by Gasteiger charge is 2.55. The second kappa shape index (κ2) is 3.83. The molecule has 0 aromatic rings. The van der Waals surface area contributed by atoms with Gasteiger partial charge in [0.05, 0.1) is 11.5 Å². The molecule has 0 radical (unpaired) electrons. The fourth-order valence-corrected chi connectivity index (χ4v) is 3.54. The summed E-state index contributed by atoms with van der Waals surface area (Å²) in [4.78, 5) is 26.0. The number of hydrogen-bond acceptors (Lipinski definition) is 3. The van der Waals surface area contributed by atoms with Gasteiger partial charge in [0.2, 0.25) is 5.91 Å². The van der Waals surface area contributed by atoms with Gasteiger partial charge in [0, 0.05) is 19.5 Å². The van der Waals surface area contributed by atoms with Crippen molar-refractivity contribution in [2.24, 2.45) is 23.2 Å². The smallest absolute Gasteiger partial charge is 0.228 e. The van der Waals surface area contributed by atoms with Crippen molar-refractivity contribution in [2.75, 3.05) is 13.6 Å². The Morgan fingerprint density at radius 3 is 2.71 bits per heavy atom. The van der Waals surface area contributed by atoms with Gasteiger partial charge in [-0.05, 0) is 18.8 Å². The average Bonchev–Trinajstić information content (AvgIpc) is 2.31. The van der Waals surface area contributed by atoms with Crippen molar-refractivity contribution < 1.29 is 9.59 Å². The number of fused-ring (bicyclic) bond motifs is 1. The quantitative estimate of drug-likeness (QED) is 0.633. The van der Waals surface area contributed by atoms with Crippen molar-refractivity contribution in [1.29, 1.82) is 5.26 Å². The van der Waals surface area contributed by atoms with Crippen molar-refractivity contribution in [2.45, 2.75) is 26.7 Å². The van der Waals surface area contributed by atoms with Gasteiger partial charge < -0.3 is 4.90 Å². The highest BCUT2D eigenvalue weighted by molar-refractivity contribution is 5.92. The van der Waals surface area contributed by atoms with E-state index < -0.39 is 11.3 Å². The van der Waals surface area contributed by atoms with E-state index in [-0.39, 0.29) is 23.5 Å². The molecular weight excluding hydrogens is 216 g/mol. The Morgan fingerprint density at radius 2 is 2.12 bits per heavy atom. The van der Waals surface area contributed by atoms with Crippen LogP contribution in [0.15, 0.2) is 0 Å². The topological polar surface area (TPSA) is 61.2 Å². The average molecular weight is 234 g/mol. The summed E-state index contributed by atoms with van der Waals surface area (Å²) < 4.78 is 0. The van der Waals surface area contributed by atoms with Crippen molar-refractivity contribution in [1.82, 2.24) is 4.90 Å². The lowest BCUT2D eigenvalue weighted by Crippen LogP contribution is -2.57. The van der Waals surface area contributed by atoms with Crippen LogP contribution in [0, 0.1) is 34.5 Å². The molecule has 1 amide bonds. The normalized spacial score (nSPS) is 42.0. The van der Waals surface area contributed by atoms with Gasteiger partial charge in [-0.25, -0.2) is 0 Å². The molecule has 92 valence electrons. The molecule has 2 fully saturated rings. The van der Waals surface area contributed by atoms with Crippen LogP contribution in [0.2, 0.25) is 0 Å². The third-order valence-corrected chi connectivity index (χ3v) is 4.61.